The molecule has 0 aliphatic carbocycles. The molecule has 21 heavy (non-hydrogen) atoms. The summed E-state index contributed by atoms with van der Waals surface area (Å²) in [6, 6.07) is 2.77. The van der Waals surface area contributed by atoms with E-state index < -0.39 is 4.92 Å². The summed E-state index contributed by atoms with van der Waals surface area (Å²) in [5.74, 6) is 0.0119. The summed E-state index contributed by atoms with van der Waals surface area (Å²) in [5, 5.41) is 16.9. The SMILES string of the molecule is CCCC(CN)Nc1cc2c(cc1[N+](=O)[O-])OCC(=O)N2. The van der Waals surface area contributed by atoms with Crippen molar-refractivity contribution >= 4 is 23.0 Å². The number of hydrogen-bond acceptors (Lipinski definition) is 6. The minimum absolute atomic E-state index is 0.0630. The number of rotatable bonds is 6. The minimum Gasteiger partial charge on any atom is -0.481 e. The van der Waals surface area contributed by atoms with E-state index in [9.17, 15) is 14.9 Å². The number of carbonyl (C=O) groups excluding carboxylic acids is 1. The van der Waals surface area contributed by atoms with Crippen molar-refractivity contribution < 1.29 is 14.5 Å². The molecule has 1 aromatic rings. The number of hydrogen-bond donors (Lipinski definition) is 3. The van der Waals surface area contributed by atoms with Crippen LogP contribution in [0.1, 0.15) is 19.8 Å². The third-order valence-electron chi connectivity index (χ3n) is 3.21. The molecule has 1 unspecified atom stereocenters. The molecule has 0 spiro atoms. The third kappa shape index (κ3) is 3.40. The van der Waals surface area contributed by atoms with Crippen molar-refractivity contribution in [2.75, 3.05) is 23.8 Å². The highest BCUT2D eigenvalue weighted by Crippen LogP contribution is 2.38. The van der Waals surface area contributed by atoms with Gasteiger partial charge in [0.05, 0.1) is 16.7 Å². The highest BCUT2D eigenvalue weighted by atomic mass is 16.6. The van der Waals surface area contributed by atoms with Crippen LogP contribution >= 0.6 is 0 Å². The molecule has 8 heteroatoms. The van der Waals surface area contributed by atoms with Gasteiger partial charge in [-0.1, -0.05) is 13.3 Å². The lowest BCUT2D eigenvalue weighted by Gasteiger charge is -2.21. The predicted molar refractivity (Wildman–Crippen MR) is 78.6 cm³/mol. The number of nitrogens with zero attached hydrogens (tertiary/aromatic N) is 1. The molecule has 0 saturated heterocycles. The molecule has 1 aromatic carbocycles. The van der Waals surface area contributed by atoms with Crippen LogP contribution in [-0.2, 0) is 4.79 Å². The van der Waals surface area contributed by atoms with Gasteiger partial charge >= 0.3 is 0 Å². The van der Waals surface area contributed by atoms with Crippen LogP contribution in [-0.4, -0.2) is 30.0 Å². The average Bonchev–Trinajstić information content (AvgIpc) is 2.45. The summed E-state index contributed by atoms with van der Waals surface area (Å²) in [6.07, 6.45) is 1.71. The lowest BCUT2D eigenvalue weighted by Crippen LogP contribution is -2.29. The van der Waals surface area contributed by atoms with Gasteiger partial charge in [0.25, 0.3) is 11.6 Å². The molecule has 0 fully saturated rings. The number of nitrogens with two attached hydrogens (primary N) is 1. The first-order valence-electron chi connectivity index (χ1n) is 6.76. The van der Waals surface area contributed by atoms with Crippen molar-refractivity contribution in [2.45, 2.75) is 25.8 Å². The van der Waals surface area contributed by atoms with Gasteiger partial charge in [-0.25, -0.2) is 0 Å². The monoisotopic (exact) mass is 294 g/mol. The van der Waals surface area contributed by atoms with Crippen LogP contribution < -0.4 is 21.1 Å². The Morgan fingerprint density at radius 2 is 2.33 bits per heavy atom. The minimum atomic E-state index is -0.484. The summed E-state index contributed by atoms with van der Waals surface area (Å²) < 4.78 is 5.19. The largest absolute Gasteiger partial charge is 0.481 e. The van der Waals surface area contributed by atoms with Crippen molar-refractivity contribution in [3.8, 4) is 5.75 Å². The zero-order chi connectivity index (χ0) is 15.4. The second kappa shape index (κ2) is 6.40. The highest BCUT2D eigenvalue weighted by molar-refractivity contribution is 5.96. The van der Waals surface area contributed by atoms with E-state index >= 15 is 0 Å². The van der Waals surface area contributed by atoms with E-state index in [2.05, 4.69) is 10.6 Å². The van der Waals surface area contributed by atoms with Gasteiger partial charge in [-0.15, -0.1) is 0 Å². The fourth-order valence-corrected chi connectivity index (χ4v) is 2.20. The zero-order valence-electron chi connectivity index (χ0n) is 11.7. The number of fused-ring (bicyclic) bond motifs is 1. The van der Waals surface area contributed by atoms with Gasteiger partial charge in [0, 0.05) is 12.6 Å². The van der Waals surface area contributed by atoms with Crippen LogP contribution in [0.3, 0.4) is 0 Å². The number of nitrogens with one attached hydrogen (secondary N) is 2. The molecule has 8 nitrogen and oxygen atoms in total. The molecule has 0 saturated carbocycles. The van der Waals surface area contributed by atoms with Gasteiger partial charge < -0.3 is 21.1 Å². The first kappa shape index (κ1) is 15.0. The predicted octanol–water partition coefficient (Wildman–Crippen LogP) is 1.46. The molecular formula is C13H18N4O4. The Kier molecular flexibility index (Phi) is 4.59. The summed E-state index contributed by atoms with van der Waals surface area (Å²) in [5.41, 5.74) is 6.32. The third-order valence-corrected chi connectivity index (χ3v) is 3.21. The Balaban J connectivity index is 2.35. The lowest BCUT2D eigenvalue weighted by molar-refractivity contribution is -0.384. The van der Waals surface area contributed by atoms with Crippen molar-refractivity contribution in [3.05, 3.63) is 22.2 Å². The second-order valence-corrected chi connectivity index (χ2v) is 4.83. The first-order chi connectivity index (χ1) is 10.0. The molecule has 1 amide bonds. The van der Waals surface area contributed by atoms with E-state index in [0.29, 0.717) is 23.7 Å². The fourth-order valence-electron chi connectivity index (χ4n) is 2.20. The molecule has 114 valence electrons. The molecule has 0 bridgehead atoms. The van der Waals surface area contributed by atoms with Gasteiger partial charge in [-0.2, -0.15) is 0 Å². The topological polar surface area (TPSA) is 120 Å². The van der Waals surface area contributed by atoms with Crippen molar-refractivity contribution in [2.24, 2.45) is 5.73 Å². The van der Waals surface area contributed by atoms with Gasteiger partial charge in [-0.3, -0.25) is 14.9 Å². The molecule has 2 rings (SSSR count). The maximum absolute atomic E-state index is 11.3. The van der Waals surface area contributed by atoms with Crippen LogP contribution in [0.2, 0.25) is 0 Å². The molecule has 4 N–H and O–H groups in total. The van der Waals surface area contributed by atoms with Crippen molar-refractivity contribution in [3.63, 3.8) is 0 Å². The summed E-state index contributed by atoms with van der Waals surface area (Å²) in [4.78, 5) is 22.0. The van der Waals surface area contributed by atoms with Crippen molar-refractivity contribution in [1.82, 2.24) is 0 Å². The Hall–Kier alpha value is -2.35. The molecule has 1 aliphatic heterocycles. The molecule has 0 aromatic heterocycles. The molecule has 0 radical (unpaired) electrons. The van der Waals surface area contributed by atoms with Crippen LogP contribution in [0, 0.1) is 10.1 Å². The second-order valence-electron chi connectivity index (χ2n) is 4.83. The average molecular weight is 294 g/mol. The van der Waals surface area contributed by atoms with Gasteiger partial charge in [0.2, 0.25) is 0 Å². The maximum atomic E-state index is 11.3. The fraction of sp³-hybridized carbons (Fsp3) is 0.462. The number of ether oxygens (including phenoxy) is 1. The van der Waals surface area contributed by atoms with Gasteiger partial charge in [-0.05, 0) is 12.5 Å². The summed E-state index contributed by atoms with van der Waals surface area (Å²) in [6.45, 7) is 2.24. The maximum Gasteiger partial charge on any atom is 0.296 e. The Morgan fingerprint density at radius 1 is 1.57 bits per heavy atom. The van der Waals surface area contributed by atoms with Crippen LogP contribution in [0.15, 0.2) is 12.1 Å². The quantitative estimate of drug-likeness (QED) is 0.540. The molecular weight excluding hydrogens is 276 g/mol. The normalized spacial score (nSPS) is 14.7. The summed E-state index contributed by atoms with van der Waals surface area (Å²) >= 11 is 0. The number of nitro groups is 1. The van der Waals surface area contributed by atoms with Crippen LogP contribution in [0.5, 0.6) is 5.75 Å². The number of benzene rings is 1. The number of nitro benzene ring substituents is 1. The van der Waals surface area contributed by atoms with Crippen LogP contribution in [0.25, 0.3) is 0 Å². The summed E-state index contributed by atoms with van der Waals surface area (Å²) in [7, 11) is 0. The standard InChI is InChI=1S/C13H18N4O4/c1-2-3-8(6-14)15-9-4-10-12(5-11(9)17(19)20)21-7-13(18)16-10/h4-5,8,15H,2-3,6-7,14H2,1H3,(H,16,18). The molecule has 1 atom stereocenters. The Bertz CT molecular complexity index is 561. The van der Waals surface area contributed by atoms with Gasteiger partial charge in [0.15, 0.2) is 12.4 Å². The zero-order valence-corrected chi connectivity index (χ0v) is 11.7. The Morgan fingerprint density at radius 3 is 2.95 bits per heavy atom. The van der Waals surface area contributed by atoms with Crippen LogP contribution in [0.4, 0.5) is 17.1 Å². The van der Waals surface area contributed by atoms with E-state index in [0.717, 1.165) is 12.8 Å². The number of amides is 1. The Labute approximate surface area is 121 Å². The highest BCUT2D eigenvalue weighted by Gasteiger charge is 2.24. The van der Waals surface area contributed by atoms with E-state index in [-0.39, 0.29) is 24.2 Å². The number of anilines is 2. The first-order valence-corrected chi connectivity index (χ1v) is 6.76. The van der Waals surface area contributed by atoms with E-state index in [1.807, 2.05) is 6.92 Å². The smallest absolute Gasteiger partial charge is 0.296 e. The molecule has 1 heterocycles. The lowest BCUT2D eigenvalue weighted by atomic mass is 10.1. The van der Waals surface area contributed by atoms with Crippen molar-refractivity contribution in [1.29, 1.82) is 0 Å². The number of carbonyl (C=O) groups is 1. The van der Waals surface area contributed by atoms with E-state index in [4.69, 9.17) is 10.5 Å². The molecule has 1 aliphatic rings. The van der Waals surface area contributed by atoms with E-state index in [1.54, 1.807) is 0 Å². The van der Waals surface area contributed by atoms with Gasteiger partial charge in [0.1, 0.15) is 5.69 Å². The van der Waals surface area contributed by atoms with E-state index in [1.165, 1.54) is 12.1 Å².